The van der Waals surface area contributed by atoms with E-state index < -0.39 is 5.41 Å². The Morgan fingerprint density at radius 2 is 2.00 bits per heavy atom. The van der Waals surface area contributed by atoms with E-state index in [4.69, 9.17) is 0 Å². The van der Waals surface area contributed by atoms with Crippen molar-refractivity contribution in [1.29, 1.82) is 0 Å². The number of fused-ring (bicyclic) bond motifs is 1. The van der Waals surface area contributed by atoms with Crippen molar-refractivity contribution in [2.45, 2.75) is 20.3 Å². The van der Waals surface area contributed by atoms with Gasteiger partial charge in [0, 0.05) is 29.6 Å². The molecule has 1 aliphatic rings. The Bertz CT molecular complexity index is 686. The van der Waals surface area contributed by atoms with Crippen LogP contribution in [0.3, 0.4) is 0 Å². The van der Waals surface area contributed by atoms with Gasteiger partial charge in [0.25, 0.3) is 0 Å². The Kier molecular flexibility index (Phi) is 2.42. The molecule has 2 aromatic rings. The van der Waals surface area contributed by atoms with Gasteiger partial charge in [-0.25, -0.2) is 4.90 Å². The number of carbonyl (C=O) groups is 2. The van der Waals surface area contributed by atoms with Crippen LogP contribution in [0.15, 0.2) is 36.7 Å². The van der Waals surface area contributed by atoms with E-state index in [2.05, 4.69) is 4.98 Å². The molecule has 96 valence electrons. The highest BCUT2D eigenvalue weighted by Gasteiger charge is 2.45. The zero-order chi connectivity index (χ0) is 13.6. The fourth-order valence-corrected chi connectivity index (χ4v) is 2.49. The second-order valence-electron chi connectivity index (χ2n) is 5.47. The molecule has 0 N–H and O–H groups in total. The average molecular weight is 254 g/mol. The molecule has 1 aromatic carbocycles. The molecule has 1 fully saturated rings. The van der Waals surface area contributed by atoms with E-state index in [-0.39, 0.29) is 18.2 Å². The molecular formula is C15H14N2O2. The van der Waals surface area contributed by atoms with Crippen LogP contribution in [0.1, 0.15) is 20.3 Å². The van der Waals surface area contributed by atoms with Crippen molar-refractivity contribution >= 4 is 28.3 Å². The monoisotopic (exact) mass is 254 g/mol. The van der Waals surface area contributed by atoms with E-state index in [1.807, 2.05) is 18.2 Å². The molecule has 1 saturated heterocycles. The standard InChI is InChI=1S/C15H14N2O2/c1-15(2)8-13(18)17(14(15)19)12-5-3-4-10-9-16-7-6-11(10)12/h3-7,9H,8H2,1-2H3. The molecule has 0 bridgehead atoms. The van der Waals surface area contributed by atoms with Crippen LogP contribution in [-0.4, -0.2) is 16.8 Å². The fourth-order valence-electron chi connectivity index (χ4n) is 2.49. The summed E-state index contributed by atoms with van der Waals surface area (Å²) < 4.78 is 0. The number of aromatic nitrogens is 1. The zero-order valence-corrected chi connectivity index (χ0v) is 10.9. The molecule has 1 aliphatic heterocycles. The summed E-state index contributed by atoms with van der Waals surface area (Å²) in [5, 5.41) is 1.79. The van der Waals surface area contributed by atoms with Gasteiger partial charge in [-0.15, -0.1) is 0 Å². The van der Waals surface area contributed by atoms with Gasteiger partial charge in [0.2, 0.25) is 11.8 Å². The number of hydrogen-bond donors (Lipinski definition) is 0. The topological polar surface area (TPSA) is 50.3 Å². The first-order chi connectivity index (χ1) is 9.00. The van der Waals surface area contributed by atoms with Crippen LogP contribution in [0.2, 0.25) is 0 Å². The summed E-state index contributed by atoms with van der Waals surface area (Å²) >= 11 is 0. The van der Waals surface area contributed by atoms with Crippen molar-refractivity contribution in [1.82, 2.24) is 4.98 Å². The lowest BCUT2D eigenvalue weighted by Crippen LogP contribution is -2.33. The lowest BCUT2D eigenvalue weighted by Gasteiger charge is -2.19. The van der Waals surface area contributed by atoms with Crippen LogP contribution < -0.4 is 4.90 Å². The van der Waals surface area contributed by atoms with E-state index in [9.17, 15) is 9.59 Å². The summed E-state index contributed by atoms with van der Waals surface area (Å²) in [5.74, 6) is -0.277. The predicted octanol–water partition coefficient (Wildman–Crippen LogP) is 2.52. The van der Waals surface area contributed by atoms with Crippen molar-refractivity contribution in [3.8, 4) is 0 Å². The summed E-state index contributed by atoms with van der Waals surface area (Å²) in [7, 11) is 0. The third kappa shape index (κ3) is 1.71. The van der Waals surface area contributed by atoms with Crippen LogP contribution in [0.5, 0.6) is 0 Å². The number of nitrogens with zero attached hydrogens (tertiary/aromatic N) is 2. The first-order valence-electron chi connectivity index (χ1n) is 6.21. The van der Waals surface area contributed by atoms with E-state index in [1.165, 1.54) is 4.90 Å². The number of rotatable bonds is 1. The molecular weight excluding hydrogens is 240 g/mol. The van der Waals surface area contributed by atoms with Crippen LogP contribution in [-0.2, 0) is 9.59 Å². The van der Waals surface area contributed by atoms with Gasteiger partial charge < -0.3 is 0 Å². The lowest BCUT2D eigenvalue weighted by atomic mass is 9.92. The zero-order valence-electron chi connectivity index (χ0n) is 10.9. The minimum Gasteiger partial charge on any atom is -0.274 e. The van der Waals surface area contributed by atoms with E-state index in [0.29, 0.717) is 5.69 Å². The van der Waals surface area contributed by atoms with Crippen molar-refractivity contribution in [3.05, 3.63) is 36.7 Å². The summed E-state index contributed by atoms with van der Waals surface area (Å²) in [6.45, 7) is 3.61. The highest BCUT2D eigenvalue weighted by atomic mass is 16.2. The Balaban J connectivity index is 2.21. The fraction of sp³-hybridized carbons (Fsp3) is 0.267. The molecule has 0 aliphatic carbocycles. The summed E-state index contributed by atoms with van der Waals surface area (Å²) in [6.07, 6.45) is 3.66. The maximum absolute atomic E-state index is 12.4. The maximum atomic E-state index is 12.4. The van der Waals surface area contributed by atoms with Crippen LogP contribution >= 0.6 is 0 Å². The first kappa shape index (κ1) is 11.8. The maximum Gasteiger partial charge on any atom is 0.239 e. The summed E-state index contributed by atoms with van der Waals surface area (Å²) in [6, 6.07) is 7.39. The van der Waals surface area contributed by atoms with E-state index in [0.717, 1.165) is 10.8 Å². The van der Waals surface area contributed by atoms with Gasteiger partial charge in [-0.05, 0) is 12.1 Å². The summed E-state index contributed by atoms with van der Waals surface area (Å²) in [5.41, 5.74) is 0.0344. The first-order valence-corrected chi connectivity index (χ1v) is 6.21. The molecule has 2 amide bonds. The molecule has 2 heterocycles. The Hall–Kier alpha value is -2.23. The molecule has 4 nitrogen and oxygen atoms in total. The average Bonchev–Trinajstić information content (AvgIpc) is 2.58. The third-order valence-electron chi connectivity index (χ3n) is 3.52. The molecule has 0 spiro atoms. The number of amides is 2. The molecule has 0 radical (unpaired) electrons. The highest BCUT2D eigenvalue weighted by molar-refractivity contribution is 6.25. The second-order valence-corrected chi connectivity index (χ2v) is 5.47. The van der Waals surface area contributed by atoms with Crippen molar-refractivity contribution < 1.29 is 9.59 Å². The normalized spacial score (nSPS) is 18.3. The number of pyridine rings is 1. The predicted molar refractivity (Wildman–Crippen MR) is 72.6 cm³/mol. The van der Waals surface area contributed by atoms with Gasteiger partial charge in [0.1, 0.15) is 0 Å². The Labute approximate surface area is 111 Å². The quantitative estimate of drug-likeness (QED) is 0.735. The van der Waals surface area contributed by atoms with Gasteiger partial charge in [-0.3, -0.25) is 14.6 Å². The number of imide groups is 1. The molecule has 4 heteroatoms. The van der Waals surface area contributed by atoms with Gasteiger partial charge in [0.05, 0.1) is 11.1 Å². The van der Waals surface area contributed by atoms with Gasteiger partial charge in [0.15, 0.2) is 0 Å². The molecule has 1 aromatic heterocycles. The smallest absolute Gasteiger partial charge is 0.239 e. The molecule has 0 unspecified atom stereocenters. The molecule has 3 rings (SSSR count). The van der Waals surface area contributed by atoms with Crippen LogP contribution in [0, 0.1) is 5.41 Å². The van der Waals surface area contributed by atoms with Crippen LogP contribution in [0.4, 0.5) is 5.69 Å². The number of benzene rings is 1. The minimum absolute atomic E-state index is 0.137. The van der Waals surface area contributed by atoms with Crippen LogP contribution in [0.25, 0.3) is 10.8 Å². The minimum atomic E-state index is -0.619. The number of hydrogen-bond acceptors (Lipinski definition) is 3. The number of carbonyl (C=O) groups excluding carboxylic acids is 2. The largest absolute Gasteiger partial charge is 0.274 e. The van der Waals surface area contributed by atoms with Crippen molar-refractivity contribution in [3.63, 3.8) is 0 Å². The van der Waals surface area contributed by atoms with Gasteiger partial charge >= 0.3 is 0 Å². The summed E-state index contributed by atoms with van der Waals surface area (Å²) in [4.78, 5) is 29.9. The Morgan fingerprint density at radius 1 is 1.21 bits per heavy atom. The second kappa shape index (κ2) is 3.88. The molecule has 0 saturated carbocycles. The van der Waals surface area contributed by atoms with E-state index in [1.54, 1.807) is 32.3 Å². The van der Waals surface area contributed by atoms with E-state index >= 15 is 0 Å². The van der Waals surface area contributed by atoms with Gasteiger partial charge in [-0.2, -0.15) is 0 Å². The molecule has 19 heavy (non-hydrogen) atoms. The SMILES string of the molecule is CC1(C)CC(=O)N(c2cccc3cnccc23)C1=O. The van der Waals surface area contributed by atoms with Crippen molar-refractivity contribution in [2.24, 2.45) is 5.41 Å². The highest BCUT2D eigenvalue weighted by Crippen LogP contribution is 2.37. The molecule has 0 atom stereocenters. The van der Waals surface area contributed by atoms with Crippen molar-refractivity contribution in [2.75, 3.05) is 4.90 Å². The van der Waals surface area contributed by atoms with Gasteiger partial charge in [-0.1, -0.05) is 26.0 Å². The third-order valence-corrected chi connectivity index (χ3v) is 3.52. The Morgan fingerprint density at radius 3 is 2.68 bits per heavy atom. The number of anilines is 1. The lowest BCUT2D eigenvalue weighted by molar-refractivity contribution is -0.124.